The summed E-state index contributed by atoms with van der Waals surface area (Å²) < 4.78 is 53.8. The van der Waals surface area contributed by atoms with Gasteiger partial charge in [0.15, 0.2) is 18.1 Å². The highest BCUT2D eigenvalue weighted by Gasteiger charge is 2.30. The molecular weight excluding hydrogens is 473 g/mol. The molecule has 2 aromatic rings. The van der Waals surface area contributed by atoms with Crippen LogP contribution in [0.5, 0.6) is 11.5 Å². The van der Waals surface area contributed by atoms with Crippen molar-refractivity contribution in [1.29, 1.82) is 0 Å². The van der Waals surface area contributed by atoms with E-state index < -0.39 is 23.6 Å². The number of hydrogen-bond acceptors (Lipinski definition) is 6. The zero-order valence-electron chi connectivity index (χ0n) is 15.7. The molecule has 0 atom stereocenters. The number of methoxy groups -OCH3 is 2. The maximum atomic E-state index is 12.8. The van der Waals surface area contributed by atoms with Crippen LogP contribution in [0, 0.1) is 0 Å². The van der Waals surface area contributed by atoms with Crippen molar-refractivity contribution in [2.24, 2.45) is 5.10 Å². The molecule has 1 amide bonds. The predicted molar refractivity (Wildman–Crippen MR) is 105 cm³/mol. The Balaban J connectivity index is 2.12. The summed E-state index contributed by atoms with van der Waals surface area (Å²) in [6.45, 7) is -0.327. The summed E-state index contributed by atoms with van der Waals surface area (Å²) in [6.07, 6.45) is -3.29. The molecule has 0 spiro atoms. The number of nitrogens with zero attached hydrogens (tertiary/aromatic N) is 1. The second-order valence-electron chi connectivity index (χ2n) is 5.68. The average Bonchev–Trinajstić information content (AvgIpc) is 2.71. The highest BCUT2D eigenvalue weighted by molar-refractivity contribution is 9.10. The maximum Gasteiger partial charge on any atom is 0.416 e. The fourth-order valence-corrected chi connectivity index (χ4v) is 2.79. The van der Waals surface area contributed by atoms with Crippen LogP contribution in [0.25, 0.3) is 0 Å². The van der Waals surface area contributed by atoms with E-state index in [1.807, 2.05) is 0 Å². The lowest BCUT2D eigenvalue weighted by Crippen LogP contribution is -2.18. The lowest BCUT2D eigenvalue weighted by Gasteiger charge is -2.12. The number of benzene rings is 2. The molecule has 0 fully saturated rings. The minimum Gasteiger partial charge on any atom is -0.493 e. The van der Waals surface area contributed by atoms with E-state index in [0.29, 0.717) is 10.0 Å². The van der Waals surface area contributed by atoms with Gasteiger partial charge in [0.1, 0.15) is 0 Å². The van der Waals surface area contributed by atoms with Crippen LogP contribution in [-0.4, -0.2) is 38.9 Å². The van der Waals surface area contributed by atoms with Gasteiger partial charge in [-0.1, -0.05) is 6.07 Å². The third kappa shape index (κ3) is 6.21. The Morgan fingerprint density at radius 2 is 1.93 bits per heavy atom. The zero-order chi connectivity index (χ0) is 22.3. The lowest BCUT2D eigenvalue weighted by atomic mass is 10.1. The first kappa shape index (κ1) is 23.2. The number of nitrogens with one attached hydrogen (secondary N) is 1. The Morgan fingerprint density at radius 1 is 1.20 bits per heavy atom. The first-order valence-corrected chi connectivity index (χ1v) is 9.02. The monoisotopic (exact) mass is 488 g/mol. The number of rotatable bonds is 7. The number of amides is 1. The standard InChI is InChI=1S/C19H16BrF3N2O5/c1-28-15-7-11(6-14(20)17(15)30-10-16(26)29-2)9-24-25-18(27)12-4-3-5-13(8-12)19(21,22)23/h3-9H,10H2,1-2H3,(H,25,27)/b24-9-. The lowest BCUT2D eigenvalue weighted by molar-refractivity contribution is -0.143. The molecule has 0 saturated carbocycles. The van der Waals surface area contributed by atoms with Gasteiger partial charge in [-0.25, -0.2) is 10.2 Å². The summed E-state index contributed by atoms with van der Waals surface area (Å²) in [5, 5.41) is 3.75. The molecule has 0 radical (unpaired) electrons. The number of alkyl halides is 3. The van der Waals surface area contributed by atoms with Gasteiger partial charge in [-0.05, 0) is 51.8 Å². The number of carbonyl (C=O) groups excluding carboxylic acids is 2. The van der Waals surface area contributed by atoms with Gasteiger partial charge in [-0.2, -0.15) is 18.3 Å². The smallest absolute Gasteiger partial charge is 0.416 e. The predicted octanol–water partition coefficient (Wildman–Crippen LogP) is 3.79. The molecular formula is C19H16BrF3N2O5. The van der Waals surface area contributed by atoms with E-state index in [2.05, 4.69) is 31.2 Å². The van der Waals surface area contributed by atoms with Gasteiger partial charge in [0.05, 0.1) is 30.5 Å². The minimum absolute atomic E-state index is 0.188. The quantitative estimate of drug-likeness (QED) is 0.364. The molecule has 0 heterocycles. The average molecular weight is 489 g/mol. The van der Waals surface area contributed by atoms with Crippen molar-refractivity contribution in [3.05, 3.63) is 57.6 Å². The number of esters is 1. The van der Waals surface area contributed by atoms with Gasteiger partial charge < -0.3 is 14.2 Å². The van der Waals surface area contributed by atoms with Crippen LogP contribution >= 0.6 is 15.9 Å². The van der Waals surface area contributed by atoms with E-state index in [4.69, 9.17) is 9.47 Å². The van der Waals surface area contributed by atoms with Crippen molar-refractivity contribution in [1.82, 2.24) is 5.43 Å². The fraction of sp³-hybridized carbons (Fsp3) is 0.211. The molecule has 2 rings (SSSR count). The van der Waals surface area contributed by atoms with Gasteiger partial charge in [-0.3, -0.25) is 4.79 Å². The van der Waals surface area contributed by atoms with Crippen LogP contribution in [-0.2, 0) is 15.7 Å². The van der Waals surface area contributed by atoms with Crippen molar-refractivity contribution in [3.63, 3.8) is 0 Å². The molecule has 2 aromatic carbocycles. The molecule has 1 N–H and O–H groups in total. The van der Waals surface area contributed by atoms with Crippen molar-refractivity contribution in [3.8, 4) is 11.5 Å². The van der Waals surface area contributed by atoms with Crippen LogP contribution in [0.3, 0.4) is 0 Å². The molecule has 0 aromatic heterocycles. The Labute approximate surface area is 177 Å². The summed E-state index contributed by atoms with van der Waals surface area (Å²) in [6, 6.07) is 7.08. The van der Waals surface area contributed by atoms with Gasteiger partial charge in [0, 0.05) is 5.56 Å². The van der Waals surface area contributed by atoms with Crippen LogP contribution in [0.4, 0.5) is 13.2 Å². The first-order chi connectivity index (χ1) is 14.2. The number of ether oxygens (including phenoxy) is 3. The normalized spacial score (nSPS) is 11.3. The summed E-state index contributed by atoms with van der Waals surface area (Å²) in [7, 11) is 2.62. The van der Waals surface area contributed by atoms with E-state index in [1.165, 1.54) is 32.6 Å². The second-order valence-corrected chi connectivity index (χ2v) is 6.53. The van der Waals surface area contributed by atoms with Crippen LogP contribution < -0.4 is 14.9 Å². The molecule has 0 saturated heterocycles. The maximum absolute atomic E-state index is 12.8. The molecule has 0 unspecified atom stereocenters. The highest BCUT2D eigenvalue weighted by atomic mass is 79.9. The van der Waals surface area contributed by atoms with E-state index in [1.54, 1.807) is 6.07 Å². The largest absolute Gasteiger partial charge is 0.493 e. The Hall–Kier alpha value is -3.08. The van der Waals surface area contributed by atoms with Crippen molar-refractivity contribution in [2.75, 3.05) is 20.8 Å². The highest BCUT2D eigenvalue weighted by Crippen LogP contribution is 2.36. The van der Waals surface area contributed by atoms with Crippen molar-refractivity contribution < 1.29 is 37.0 Å². The molecule has 0 bridgehead atoms. The van der Waals surface area contributed by atoms with E-state index in [0.717, 1.165) is 18.2 Å². The first-order valence-electron chi connectivity index (χ1n) is 8.23. The molecule has 7 nitrogen and oxygen atoms in total. The van der Waals surface area contributed by atoms with Crippen LogP contribution in [0.1, 0.15) is 21.5 Å². The van der Waals surface area contributed by atoms with E-state index >= 15 is 0 Å². The second kappa shape index (κ2) is 10.1. The number of hydrogen-bond donors (Lipinski definition) is 1. The van der Waals surface area contributed by atoms with E-state index in [9.17, 15) is 22.8 Å². The zero-order valence-corrected chi connectivity index (χ0v) is 17.3. The summed E-state index contributed by atoms with van der Waals surface area (Å²) in [5.74, 6) is -0.847. The van der Waals surface area contributed by atoms with Gasteiger partial charge in [0.2, 0.25) is 0 Å². The molecule has 160 valence electrons. The molecule has 30 heavy (non-hydrogen) atoms. The number of hydrazone groups is 1. The summed E-state index contributed by atoms with van der Waals surface area (Å²) in [5.41, 5.74) is 1.52. The Bertz CT molecular complexity index is 964. The molecule has 11 heteroatoms. The van der Waals surface area contributed by atoms with Gasteiger partial charge in [-0.15, -0.1) is 0 Å². The third-order valence-electron chi connectivity index (χ3n) is 3.65. The van der Waals surface area contributed by atoms with Crippen LogP contribution in [0.2, 0.25) is 0 Å². The number of carbonyl (C=O) groups is 2. The van der Waals surface area contributed by atoms with Crippen LogP contribution in [0.15, 0.2) is 46.0 Å². The van der Waals surface area contributed by atoms with E-state index in [-0.39, 0.29) is 23.7 Å². The summed E-state index contributed by atoms with van der Waals surface area (Å²) in [4.78, 5) is 23.3. The third-order valence-corrected chi connectivity index (χ3v) is 4.23. The minimum atomic E-state index is -4.56. The van der Waals surface area contributed by atoms with Gasteiger partial charge >= 0.3 is 12.1 Å². The molecule has 0 aliphatic rings. The van der Waals surface area contributed by atoms with Crippen molar-refractivity contribution in [2.45, 2.75) is 6.18 Å². The SMILES string of the molecule is COC(=O)COc1c(Br)cc(/C=N\NC(=O)c2cccc(C(F)(F)F)c2)cc1OC. The summed E-state index contributed by atoms with van der Waals surface area (Å²) >= 11 is 3.28. The Morgan fingerprint density at radius 3 is 2.57 bits per heavy atom. The molecule has 0 aliphatic heterocycles. The Kier molecular flexibility index (Phi) is 7.81. The van der Waals surface area contributed by atoms with Crippen molar-refractivity contribution >= 4 is 34.0 Å². The number of halogens is 4. The molecule has 0 aliphatic carbocycles. The fourth-order valence-electron chi connectivity index (χ4n) is 2.21. The topological polar surface area (TPSA) is 86.2 Å². The van der Waals surface area contributed by atoms with Gasteiger partial charge in [0.25, 0.3) is 5.91 Å².